The molecule has 0 unspecified atom stereocenters. The van der Waals surface area contributed by atoms with Gasteiger partial charge in [-0.15, -0.1) is 11.8 Å². The first kappa shape index (κ1) is 14.2. The number of thioether (sulfide) groups is 1. The summed E-state index contributed by atoms with van der Waals surface area (Å²) in [6.45, 7) is 2.41. The van der Waals surface area contributed by atoms with E-state index < -0.39 is 0 Å². The summed E-state index contributed by atoms with van der Waals surface area (Å²) in [5.74, 6) is 0.299. The van der Waals surface area contributed by atoms with E-state index in [1.165, 1.54) is 17.3 Å². The summed E-state index contributed by atoms with van der Waals surface area (Å²) < 4.78 is 0. The van der Waals surface area contributed by atoms with Crippen molar-refractivity contribution in [3.05, 3.63) is 35.4 Å². The molecule has 0 fully saturated rings. The minimum Gasteiger partial charge on any atom is -0.348 e. The molecule has 6 heteroatoms. The molecule has 5 nitrogen and oxygen atoms in total. The number of amides is 2. The average Bonchev–Trinajstić information content (AvgIpc) is 2.53. The second kappa shape index (κ2) is 6.32. The number of carbonyl (C=O) groups is 2. The van der Waals surface area contributed by atoms with Gasteiger partial charge in [0.25, 0.3) is 5.91 Å². The Hall–Kier alpha value is -1.79. The quantitative estimate of drug-likeness (QED) is 0.738. The summed E-state index contributed by atoms with van der Waals surface area (Å²) in [4.78, 5) is 24.6. The summed E-state index contributed by atoms with van der Waals surface area (Å²) in [7, 11) is 0. The highest BCUT2D eigenvalue weighted by Gasteiger charge is 2.17. The molecule has 2 amide bonds. The maximum atomic E-state index is 12.2. The maximum absolute atomic E-state index is 12.2. The van der Waals surface area contributed by atoms with Crippen LogP contribution in [-0.2, 0) is 4.79 Å². The summed E-state index contributed by atoms with van der Waals surface area (Å²) >= 11 is 1.49. The summed E-state index contributed by atoms with van der Waals surface area (Å²) in [6.07, 6.45) is 3.09. The first-order chi connectivity index (χ1) is 10.2. The van der Waals surface area contributed by atoms with Crippen LogP contribution < -0.4 is 16.0 Å². The van der Waals surface area contributed by atoms with Gasteiger partial charge in [0.1, 0.15) is 0 Å². The molecule has 110 valence electrons. The molecule has 2 aliphatic rings. The highest BCUT2D eigenvalue weighted by molar-refractivity contribution is 8.00. The molecule has 1 aromatic carbocycles. The Morgan fingerprint density at radius 1 is 1.38 bits per heavy atom. The third kappa shape index (κ3) is 3.46. The van der Waals surface area contributed by atoms with Gasteiger partial charge in [-0.3, -0.25) is 9.59 Å². The summed E-state index contributed by atoms with van der Waals surface area (Å²) in [5.41, 5.74) is 2.56. The molecule has 0 radical (unpaired) electrons. The van der Waals surface area contributed by atoms with E-state index in [0.29, 0.717) is 17.9 Å². The molecule has 21 heavy (non-hydrogen) atoms. The van der Waals surface area contributed by atoms with E-state index in [-0.39, 0.29) is 11.8 Å². The van der Waals surface area contributed by atoms with E-state index >= 15 is 0 Å². The standard InChI is InChI=1S/C15H17N3O2S/c19-14-9-21-13-2-1-11(7-12(13)18-14)15(20)17-8-10-3-5-16-6-4-10/h1-3,7,16H,4-6,8-9H2,(H,17,20)(H,18,19). The smallest absolute Gasteiger partial charge is 0.251 e. The molecular weight excluding hydrogens is 286 g/mol. The molecule has 0 aromatic heterocycles. The molecule has 0 atom stereocenters. The van der Waals surface area contributed by atoms with Crippen LogP contribution in [0, 0.1) is 0 Å². The van der Waals surface area contributed by atoms with E-state index in [2.05, 4.69) is 22.0 Å². The van der Waals surface area contributed by atoms with Crippen molar-refractivity contribution < 1.29 is 9.59 Å². The number of hydrogen-bond acceptors (Lipinski definition) is 4. The van der Waals surface area contributed by atoms with Crippen molar-refractivity contribution in [1.82, 2.24) is 10.6 Å². The number of carbonyl (C=O) groups excluding carboxylic acids is 2. The Bertz CT molecular complexity index is 613. The first-order valence-electron chi connectivity index (χ1n) is 6.96. The van der Waals surface area contributed by atoms with Crippen LogP contribution in [0.1, 0.15) is 16.8 Å². The minimum atomic E-state index is -0.109. The zero-order valence-electron chi connectivity index (χ0n) is 11.6. The van der Waals surface area contributed by atoms with Gasteiger partial charge in [0.2, 0.25) is 5.91 Å². The SMILES string of the molecule is O=C1CSc2ccc(C(=O)NCC3=CCNCC3)cc2N1. The van der Waals surface area contributed by atoms with Crippen molar-refractivity contribution >= 4 is 29.3 Å². The topological polar surface area (TPSA) is 70.2 Å². The first-order valence-corrected chi connectivity index (χ1v) is 7.94. The fraction of sp³-hybridized carbons (Fsp3) is 0.333. The molecule has 0 aliphatic carbocycles. The van der Waals surface area contributed by atoms with Crippen molar-refractivity contribution in [2.24, 2.45) is 0 Å². The Labute approximate surface area is 127 Å². The van der Waals surface area contributed by atoms with E-state index in [4.69, 9.17) is 0 Å². The van der Waals surface area contributed by atoms with Crippen molar-refractivity contribution in [3.8, 4) is 0 Å². The van der Waals surface area contributed by atoms with Gasteiger partial charge in [-0.2, -0.15) is 0 Å². The molecule has 0 saturated heterocycles. The van der Waals surface area contributed by atoms with Crippen molar-refractivity contribution in [1.29, 1.82) is 0 Å². The van der Waals surface area contributed by atoms with Crippen LogP contribution in [0.2, 0.25) is 0 Å². The van der Waals surface area contributed by atoms with Crippen LogP contribution in [0.3, 0.4) is 0 Å². The van der Waals surface area contributed by atoms with Gasteiger partial charge in [0, 0.05) is 23.5 Å². The summed E-state index contributed by atoms with van der Waals surface area (Å²) in [6, 6.07) is 5.43. The Kier molecular flexibility index (Phi) is 4.26. The minimum absolute atomic E-state index is 0.0232. The van der Waals surface area contributed by atoms with Crippen LogP contribution >= 0.6 is 11.8 Å². The third-order valence-electron chi connectivity index (χ3n) is 3.51. The maximum Gasteiger partial charge on any atom is 0.251 e. The molecule has 0 saturated carbocycles. The predicted octanol–water partition coefficient (Wildman–Crippen LogP) is 1.38. The second-order valence-electron chi connectivity index (χ2n) is 5.05. The third-order valence-corrected chi connectivity index (χ3v) is 4.58. The Balaban J connectivity index is 1.66. The Morgan fingerprint density at radius 2 is 2.29 bits per heavy atom. The van der Waals surface area contributed by atoms with Crippen molar-refractivity contribution in [3.63, 3.8) is 0 Å². The van der Waals surface area contributed by atoms with Crippen LogP contribution in [0.5, 0.6) is 0 Å². The van der Waals surface area contributed by atoms with Gasteiger partial charge in [-0.25, -0.2) is 0 Å². The lowest BCUT2D eigenvalue weighted by Gasteiger charge is -2.17. The Morgan fingerprint density at radius 3 is 3.10 bits per heavy atom. The lowest BCUT2D eigenvalue weighted by atomic mass is 10.1. The predicted molar refractivity (Wildman–Crippen MR) is 83.7 cm³/mol. The zero-order chi connectivity index (χ0) is 14.7. The fourth-order valence-corrected chi connectivity index (χ4v) is 3.14. The normalized spacial score (nSPS) is 17.5. The second-order valence-corrected chi connectivity index (χ2v) is 6.06. The monoisotopic (exact) mass is 303 g/mol. The summed E-state index contributed by atoms with van der Waals surface area (Å²) in [5, 5.41) is 8.97. The molecule has 2 aliphatic heterocycles. The van der Waals surface area contributed by atoms with Crippen LogP contribution in [-0.4, -0.2) is 37.2 Å². The van der Waals surface area contributed by atoms with Crippen molar-refractivity contribution in [2.75, 3.05) is 30.7 Å². The van der Waals surface area contributed by atoms with Gasteiger partial charge in [-0.1, -0.05) is 11.6 Å². The van der Waals surface area contributed by atoms with Gasteiger partial charge < -0.3 is 16.0 Å². The number of nitrogens with one attached hydrogen (secondary N) is 3. The molecule has 3 N–H and O–H groups in total. The van der Waals surface area contributed by atoms with Gasteiger partial charge >= 0.3 is 0 Å². The van der Waals surface area contributed by atoms with E-state index in [1.807, 2.05) is 6.07 Å². The average molecular weight is 303 g/mol. The number of fused-ring (bicyclic) bond motifs is 1. The zero-order valence-corrected chi connectivity index (χ0v) is 12.4. The number of benzene rings is 1. The van der Waals surface area contributed by atoms with Crippen LogP contribution in [0.25, 0.3) is 0 Å². The molecule has 2 heterocycles. The van der Waals surface area contributed by atoms with Gasteiger partial charge in [0.05, 0.1) is 11.4 Å². The lowest BCUT2D eigenvalue weighted by molar-refractivity contribution is -0.113. The number of anilines is 1. The van der Waals surface area contributed by atoms with E-state index in [9.17, 15) is 9.59 Å². The van der Waals surface area contributed by atoms with Crippen LogP contribution in [0.15, 0.2) is 34.7 Å². The number of hydrogen-bond donors (Lipinski definition) is 3. The van der Waals surface area contributed by atoms with Gasteiger partial charge in [0.15, 0.2) is 0 Å². The molecule has 0 bridgehead atoms. The van der Waals surface area contributed by atoms with Crippen molar-refractivity contribution in [2.45, 2.75) is 11.3 Å². The molecule has 1 aromatic rings. The van der Waals surface area contributed by atoms with E-state index in [1.54, 1.807) is 12.1 Å². The number of rotatable bonds is 3. The fourth-order valence-electron chi connectivity index (χ4n) is 2.35. The van der Waals surface area contributed by atoms with E-state index in [0.717, 1.165) is 30.1 Å². The molecule has 3 rings (SSSR count). The van der Waals surface area contributed by atoms with Gasteiger partial charge in [-0.05, 0) is 31.2 Å². The molecular formula is C15H17N3O2S. The largest absolute Gasteiger partial charge is 0.348 e. The highest BCUT2D eigenvalue weighted by Crippen LogP contribution is 2.31. The lowest BCUT2D eigenvalue weighted by Crippen LogP contribution is -2.29. The molecule has 0 spiro atoms. The van der Waals surface area contributed by atoms with Crippen LogP contribution in [0.4, 0.5) is 5.69 Å². The highest BCUT2D eigenvalue weighted by atomic mass is 32.2.